The smallest absolute Gasteiger partial charge is 0.244 e. The van der Waals surface area contributed by atoms with Crippen molar-refractivity contribution < 1.29 is 9.59 Å². The number of aromatic nitrogens is 3. The standard InChI is InChI=1S/C17H23N5O2/c1-12(2)18-17(24)13-6-5-9-21(10-13)16(23)11-22-15-8-4-3-7-14(15)19-20-22/h3-4,7-8,12-13H,5-6,9-11H2,1-2H3,(H,18,24)/t13-/m1/s1. The number of hydrogen-bond acceptors (Lipinski definition) is 4. The average Bonchev–Trinajstić information content (AvgIpc) is 2.97. The lowest BCUT2D eigenvalue weighted by molar-refractivity contribution is -0.136. The molecular formula is C17H23N5O2. The predicted molar refractivity (Wildman–Crippen MR) is 90.1 cm³/mol. The number of para-hydroxylation sites is 1. The minimum atomic E-state index is -0.127. The summed E-state index contributed by atoms with van der Waals surface area (Å²) in [6, 6.07) is 7.69. The van der Waals surface area contributed by atoms with Gasteiger partial charge in [0, 0.05) is 19.1 Å². The van der Waals surface area contributed by atoms with Crippen LogP contribution in [0.25, 0.3) is 11.0 Å². The topological polar surface area (TPSA) is 80.1 Å². The first kappa shape index (κ1) is 16.4. The SMILES string of the molecule is CC(C)NC(=O)[C@@H]1CCCN(C(=O)Cn2nnc3ccccc32)C1. The fourth-order valence-corrected chi connectivity index (χ4v) is 3.08. The van der Waals surface area contributed by atoms with Crippen molar-refractivity contribution in [3.63, 3.8) is 0 Å². The molecule has 7 heteroatoms. The van der Waals surface area contributed by atoms with Crippen molar-refractivity contribution in [3.8, 4) is 0 Å². The average molecular weight is 329 g/mol. The molecule has 1 atom stereocenters. The van der Waals surface area contributed by atoms with Gasteiger partial charge in [-0.05, 0) is 38.8 Å². The maximum absolute atomic E-state index is 12.6. The summed E-state index contributed by atoms with van der Waals surface area (Å²) in [5.74, 6) is -0.112. The first-order valence-electron chi connectivity index (χ1n) is 8.41. The molecule has 128 valence electrons. The quantitative estimate of drug-likeness (QED) is 0.914. The Morgan fingerprint density at radius 2 is 2.12 bits per heavy atom. The Morgan fingerprint density at radius 3 is 2.92 bits per heavy atom. The van der Waals surface area contributed by atoms with Crippen molar-refractivity contribution in [2.24, 2.45) is 5.92 Å². The summed E-state index contributed by atoms with van der Waals surface area (Å²) < 4.78 is 1.62. The van der Waals surface area contributed by atoms with Gasteiger partial charge in [0.1, 0.15) is 12.1 Å². The molecule has 1 aromatic carbocycles. The number of fused-ring (bicyclic) bond motifs is 1. The third-order valence-corrected chi connectivity index (χ3v) is 4.28. The summed E-state index contributed by atoms with van der Waals surface area (Å²) in [4.78, 5) is 26.6. The maximum Gasteiger partial charge on any atom is 0.244 e. The van der Waals surface area contributed by atoms with Gasteiger partial charge in [0.15, 0.2) is 0 Å². The van der Waals surface area contributed by atoms with Crippen LogP contribution in [0.15, 0.2) is 24.3 Å². The first-order chi connectivity index (χ1) is 11.5. The van der Waals surface area contributed by atoms with E-state index in [-0.39, 0.29) is 30.3 Å². The van der Waals surface area contributed by atoms with E-state index in [0.29, 0.717) is 13.1 Å². The van der Waals surface area contributed by atoms with E-state index in [0.717, 1.165) is 23.9 Å². The third kappa shape index (κ3) is 3.55. The van der Waals surface area contributed by atoms with E-state index in [2.05, 4.69) is 15.6 Å². The van der Waals surface area contributed by atoms with Gasteiger partial charge in [0.2, 0.25) is 11.8 Å². The van der Waals surface area contributed by atoms with Gasteiger partial charge in [0.05, 0.1) is 11.4 Å². The van der Waals surface area contributed by atoms with Crippen LogP contribution in [0.2, 0.25) is 0 Å². The normalized spacial score (nSPS) is 18.1. The lowest BCUT2D eigenvalue weighted by atomic mass is 9.97. The number of nitrogens with zero attached hydrogens (tertiary/aromatic N) is 4. The number of nitrogens with one attached hydrogen (secondary N) is 1. The molecule has 2 heterocycles. The molecule has 1 aliphatic heterocycles. The lowest BCUT2D eigenvalue weighted by Crippen LogP contribution is -2.47. The molecule has 1 aromatic heterocycles. The van der Waals surface area contributed by atoms with E-state index < -0.39 is 0 Å². The Labute approximate surface area is 141 Å². The van der Waals surface area contributed by atoms with E-state index in [1.807, 2.05) is 38.1 Å². The fraction of sp³-hybridized carbons (Fsp3) is 0.529. The highest BCUT2D eigenvalue weighted by molar-refractivity contribution is 5.82. The van der Waals surface area contributed by atoms with Crippen LogP contribution in [0.3, 0.4) is 0 Å². The maximum atomic E-state index is 12.6. The number of piperidine rings is 1. The molecule has 0 aliphatic carbocycles. The van der Waals surface area contributed by atoms with Crippen LogP contribution < -0.4 is 5.32 Å². The molecule has 1 fully saturated rings. The zero-order chi connectivity index (χ0) is 17.1. The zero-order valence-corrected chi connectivity index (χ0v) is 14.1. The molecule has 1 aliphatic rings. The molecular weight excluding hydrogens is 306 g/mol. The fourth-order valence-electron chi connectivity index (χ4n) is 3.08. The van der Waals surface area contributed by atoms with Gasteiger partial charge >= 0.3 is 0 Å². The number of carbonyl (C=O) groups excluding carboxylic acids is 2. The summed E-state index contributed by atoms with van der Waals surface area (Å²) in [6.07, 6.45) is 1.68. The Balaban J connectivity index is 1.65. The van der Waals surface area contributed by atoms with Crippen LogP contribution in [-0.2, 0) is 16.1 Å². The molecule has 7 nitrogen and oxygen atoms in total. The second-order valence-corrected chi connectivity index (χ2v) is 6.58. The number of amides is 2. The zero-order valence-electron chi connectivity index (χ0n) is 14.1. The molecule has 3 rings (SSSR count). The number of hydrogen-bond donors (Lipinski definition) is 1. The van der Waals surface area contributed by atoms with Crippen molar-refractivity contribution in [1.29, 1.82) is 0 Å². The van der Waals surface area contributed by atoms with Crippen molar-refractivity contribution >= 4 is 22.8 Å². The molecule has 1 saturated heterocycles. The molecule has 0 radical (unpaired) electrons. The number of benzene rings is 1. The molecule has 2 aromatic rings. The number of carbonyl (C=O) groups is 2. The summed E-state index contributed by atoms with van der Waals surface area (Å²) in [6.45, 7) is 5.21. The molecule has 0 unspecified atom stereocenters. The Morgan fingerprint density at radius 1 is 1.33 bits per heavy atom. The molecule has 0 saturated carbocycles. The summed E-state index contributed by atoms with van der Waals surface area (Å²) in [7, 11) is 0. The second-order valence-electron chi connectivity index (χ2n) is 6.58. The summed E-state index contributed by atoms with van der Waals surface area (Å²) in [5.41, 5.74) is 1.62. The van der Waals surface area contributed by atoms with Crippen molar-refractivity contribution in [1.82, 2.24) is 25.2 Å². The van der Waals surface area contributed by atoms with Crippen molar-refractivity contribution in [2.75, 3.05) is 13.1 Å². The Bertz CT molecular complexity index is 739. The molecule has 1 N–H and O–H groups in total. The lowest BCUT2D eigenvalue weighted by Gasteiger charge is -2.32. The minimum Gasteiger partial charge on any atom is -0.354 e. The van der Waals surface area contributed by atoms with Gasteiger partial charge in [-0.25, -0.2) is 4.68 Å². The highest BCUT2D eigenvalue weighted by Gasteiger charge is 2.28. The van der Waals surface area contributed by atoms with Crippen LogP contribution in [-0.4, -0.2) is 50.8 Å². The van der Waals surface area contributed by atoms with Crippen molar-refractivity contribution in [3.05, 3.63) is 24.3 Å². The van der Waals surface area contributed by atoms with Crippen LogP contribution in [0, 0.1) is 5.92 Å². The van der Waals surface area contributed by atoms with Gasteiger partial charge in [-0.15, -0.1) is 5.10 Å². The van der Waals surface area contributed by atoms with Gasteiger partial charge < -0.3 is 10.2 Å². The van der Waals surface area contributed by atoms with E-state index in [1.54, 1.807) is 9.58 Å². The van der Waals surface area contributed by atoms with Crippen LogP contribution >= 0.6 is 0 Å². The molecule has 0 bridgehead atoms. The third-order valence-electron chi connectivity index (χ3n) is 4.28. The van der Waals surface area contributed by atoms with Crippen LogP contribution in [0.4, 0.5) is 0 Å². The molecule has 0 spiro atoms. The monoisotopic (exact) mass is 329 g/mol. The largest absolute Gasteiger partial charge is 0.354 e. The van der Waals surface area contributed by atoms with Gasteiger partial charge in [0.25, 0.3) is 0 Å². The van der Waals surface area contributed by atoms with Crippen LogP contribution in [0.1, 0.15) is 26.7 Å². The van der Waals surface area contributed by atoms with Crippen molar-refractivity contribution in [2.45, 2.75) is 39.3 Å². The molecule has 24 heavy (non-hydrogen) atoms. The predicted octanol–water partition coefficient (Wildman–Crippen LogP) is 1.19. The highest BCUT2D eigenvalue weighted by Crippen LogP contribution is 2.18. The van der Waals surface area contributed by atoms with Gasteiger partial charge in [-0.1, -0.05) is 17.3 Å². The Hall–Kier alpha value is -2.44. The van der Waals surface area contributed by atoms with Crippen LogP contribution in [0.5, 0.6) is 0 Å². The highest BCUT2D eigenvalue weighted by atomic mass is 16.2. The van der Waals surface area contributed by atoms with E-state index in [4.69, 9.17) is 0 Å². The molecule has 2 amide bonds. The van der Waals surface area contributed by atoms with Gasteiger partial charge in [-0.3, -0.25) is 9.59 Å². The minimum absolute atomic E-state index is 0.0206. The van der Waals surface area contributed by atoms with E-state index >= 15 is 0 Å². The van der Waals surface area contributed by atoms with E-state index in [1.165, 1.54) is 0 Å². The van der Waals surface area contributed by atoms with Gasteiger partial charge in [-0.2, -0.15) is 0 Å². The first-order valence-corrected chi connectivity index (χ1v) is 8.41. The number of likely N-dealkylation sites (tertiary alicyclic amines) is 1. The summed E-state index contributed by atoms with van der Waals surface area (Å²) >= 11 is 0. The van der Waals surface area contributed by atoms with E-state index in [9.17, 15) is 9.59 Å². The summed E-state index contributed by atoms with van der Waals surface area (Å²) in [5, 5.41) is 11.1. The second kappa shape index (κ2) is 6.98. The number of rotatable bonds is 4. The Kier molecular flexibility index (Phi) is 4.78.